The highest BCUT2D eigenvalue weighted by Crippen LogP contribution is 2.29. The molecule has 0 spiro atoms. The molecule has 0 radical (unpaired) electrons. The van der Waals surface area contributed by atoms with Gasteiger partial charge in [0, 0.05) is 10.7 Å². The largest absolute Gasteiger partial charge is 0.495 e. The summed E-state index contributed by atoms with van der Waals surface area (Å²) in [5, 5.41) is 0. The van der Waals surface area contributed by atoms with Crippen LogP contribution in [0.4, 0.5) is 0 Å². The lowest BCUT2D eigenvalue weighted by atomic mass is 10.3. The van der Waals surface area contributed by atoms with Crippen LogP contribution in [0.5, 0.6) is 5.75 Å². The first kappa shape index (κ1) is 13.3. The molecule has 20 heavy (non-hydrogen) atoms. The average Bonchev–Trinajstić information content (AvgIpc) is 2.73. The zero-order valence-corrected chi connectivity index (χ0v) is 13.4. The molecule has 0 bridgehead atoms. The molecule has 0 unspecified atom stereocenters. The van der Waals surface area contributed by atoms with E-state index in [1.807, 2.05) is 42.0 Å². The number of pyridine rings is 1. The van der Waals surface area contributed by atoms with E-state index in [1.54, 1.807) is 7.11 Å². The number of aryl methyl sites for hydroxylation is 1. The van der Waals surface area contributed by atoms with Crippen LogP contribution in [0.3, 0.4) is 0 Å². The van der Waals surface area contributed by atoms with Crippen molar-refractivity contribution in [2.45, 2.75) is 6.92 Å². The SMILES string of the molecule is COc1ccc(Br)cc1-n1c(=S)[nH]c2cc(C)cnc21. The number of nitrogens with one attached hydrogen (secondary N) is 1. The number of hydrogen-bond donors (Lipinski definition) is 1. The van der Waals surface area contributed by atoms with E-state index in [1.165, 1.54) is 0 Å². The van der Waals surface area contributed by atoms with Gasteiger partial charge in [-0.3, -0.25) is 4.57 Å². The quantitative estimate of drug-likeness (QED) is 0.706. The molecule has 2 aromatic heterocycles. The Kier molecular flexibility index (Phi) is 3.35. The van der Waals surface area contributed by atoms with Crippen LogP contribution in [0.1, 0.15) is 5.56 Å². The summed E-state index contributed by atoms with van der Waals surface area (Å²) in [7, 11) is 1.64. The number of benzene rings is 1. The van der Waals surface area contributed by atoms with Crippen molar-refractivity contribution >= 4 is 39.3 Å². The number of aromatic nitrogens is 3. The van der Waals surface area contributed by atoms with E-state index in [4.69, 9.17) is 17.0 Å². The summed E-state index contributed by atoms with van der Waals surface area (Å²) in [6.45, 7) is 2.00. The van der Waals surface area contributed by atoms with Crippen molar-refractivity contribution in [3.05, 3.63) is 45.3 Å². The monoisotopic (exact) mass is 349 g/mol. The number of H-pyrrole nitrogens is 1. The lowest BCUT2D eigenvalue weighted by molar-refractivity contribution is 0.413. The van der Waals surface area contributed by atoms with Crippen molar-refractivity contribution in [1.82, 2.24) is 14.5 Å². The normalized spacial score (nSPS) is 10.9. The number of hydrogen-bond acceptors (Lipinski definition) is 3. The number of imidazole rings is 1. The molecule has 0 aliphatic heterocycles. The van der Waals surface area contributed by atoms with E-state index in [9.17, 15) is 0 Å². The summed E-state index contributed by atoms with van der Waals surface area (Å²) in [5.41, 5.74) is 3.64. The highest BCUT2D eigenvalue weighted by Gasteiger charge is 2.12. The van der Waals surface area contributed by atoms with Gasteiger partial charge < -0.3 is 9.72 Å². The summed E-state index contributed by atoms with van der Waals surface area (Å²) >= 11 is 8.90. The highest BCUT2D eigenvalue weighted by molar-refractivity contribution is 9.10. The van der Waals surface area contributed by atoms with Gasteiger partial charge in [-0.15, -0.1) is 0 Å². The first-order chi connectivity index (χ1) is 9.60. The Balaban J connectivity index is 2.37. The van der Waals surface area contributed by atoms with E-state index in [-0.39, 0.29) is 0 Å². The molecule has 6 heteroatoms. The van der Waals surface area contributed by atoms with Gasteiger partial charge >= 0.3 is 0 Å². The highest BCUT2D eigenvalue weighted by atomic mass is 79.9. The van der Waals surface area contributed by atoms with Crippen LogP contribution >= 0.6 is 28.1 Å². The Hall–Kier alpha value is -1.66. The van der Waals surface area contributed by atoms with E-state index in [0.29, 0.717) is 4.77 Å². The maximum Gasteiger partial charge on any atom is 0.184 e. The molecule has 3 aromatic rings. The Morgan fingerprint density at radius 2 is 2.15 bits per heavy atom. The summed E-state index contributed by atoms with van der Waals surface area (Å²) in [5.74, 6) is 0.743. The molecule has 1 aromatic carbocycles. The van der Waals surface area contributed by atoms with Gasteiger partial charge in [-0.05, 0) is 49.0 Å². The van der Waals surface area contributed by atoms with Crippen LogP contribution in [0.2, 0.25) is 0 Å². The Bertz CT molecular complexity index is 853. The third kappa shape index (κ3) is 2.14. The Labute approximate surface area is 129 Å². The summed E-state index contributed by atoms with van der Waals surface area (Å²) in [6, 6.07) is 7.81. The van der Waals surface area contributed by atoms with Crippen molar-refractivity contribution < 1.29 is 4.74 Å². The third-order valence-corrected chi connectivity index (χ3v) is 3.82. The number of aromatic amines is 1. The van der Waals surface area contributed by atoms with Crippen molar-refractivity contribution in [1.29, 1.82) is 0 Å². The van der Waals surface area contributed by atoms with Crippen molar-refractivity contribution in [2.75, 3.05) is 7.11 Å². The maximum atomic E-state index is 5.43. The molecule has 0 saturated heterocycles. The first-order valence-corrected chi connectivity index (χ1v) is 7.21. The summed E-state index contributed by atoms with van der Waals surface area (Å²) < 4.78 is 8.85. The standard InChI is InChI=1S/C14H12BrN3OS/c1-8-5-10-13(16-7-8)18(14(20)17-10)11-6-9(15)3-4-12(11)19-2/h3-7H,1-2H3,(H,17,20). The number of ether oxygens (including phenoxy) is 1. The third-order valence-electron chi connectivity index (χ3n) is 3.04. The van der Waals surface area contributed by atoms with Gasteiger partial charge in [0.2, 0.25) is 0 Å². The van der Waals surface area contributed by atoms with Gasteiger partial charge in [0.25, 0.3) is 0 Å². The molecule has 0 aliphatic rings. The minimum Gasteiger partial charge on any atom is -0.495 e. The summed E-state index contributed by atoms with van der Waals surface area (Å²) in [4.78, 5) is 7.66. The molecule has 0 atom stereocenters. The van der Waals surface area contributed by atoms with E-state index in [2.05, 4.69) is 25.9 Å². The van der Waals surface area contributed by atoms with E-state index >= 15 is 0 Å². The van der Waals surface area contributed by atoms with Gasteiger partial charge in [-0.1, -0.05) is 15.9 Å². The van der Waals surface area contributed by atoms with Gasteiger partial charge in [0.05, 0.1) is 18.3 Å². The second kappa shape index (κ2) is 5.03. The van der Waals surface area contributed by atoms with Crippen LogP contribution < -0.4 is 4.74 Å². The predicted molar refractivity (Wildman–Crippen MR) is 85.2 cm³/mol. The van der Waals surface area contributed by atoms with Gasteiger partial charge in [-0.25, -0.2) is 4.98 Å². The number of nitrogens with zero attached hydrogens (tertiary/aromatic N) is 2. The van der Waals surface area contributed by atoms with Crippen LogP contribution in [0.25, 0.3) is 16.9 Å². The lowest BCUT2D eigenvalue weighted by Crippen LogP contribution is -1.99. The molecule has 0 aliphatic carbocycles. The average molecular weight is 350 g/mol. The molecule has 4 nitrogen and oxygen atoms in total. The maximum absolute atomic E-state index is 5.43. The van der Waals surface area contributed by atoms with Gasteiger partial charge in [-0.2, -0.15) is 0 Å². The number of fused-ring (bicyclic) bond motifs is 1. The van der Waals surface area contributed by atoms with Crippen molar-refractivity contribution in [3.8, 4) is 11.4 Å². The fourth-order valence-electron chi connectivity index (χ4n) is 2.16. The first-order valence-electron chi connectivity index (χ1n) is 6.01. The summed E-state index contributed by atoms with van der Waals surface area (Å²) in [6.07, 6.45) is 1.83. The minimum absolute atomic E-state index is 0.592. The molecular formula is C14H12BrN3OS. The fraction of sp³-hybridized carbons (Fsp3) is 0.143. The Morgan fingerprint density at radius 1 is 1.35 bits per heavy atom. The molecule has 102 valence electrons. The number of rotatable bonds is 2. The predicted octanol–water partition coefficient (Wildman–Crippen LogP) is 4.16. The topological polar surface area (TPSA) is 42.8 Å². The van der Waals surface area contributed by atoms with Gasteiger partial charge in [0.1, 0.15) is 5.75 Å². The lowest BCUT2D eigenvalue weighted by Gasteiger charge is -2.10. The van der Waals surface area contributed by atoms with Crippen LogP contribution in [0.15, 0.2) is 34.9 Å². The minimum atomic E-state index is 0.592. The van der Waals surface area contributed by atoms with E-state index < -0.39 is 0 Å². The molecule has 0 saturated carbocycles. The van der Waals surface area contributed by atoms with Gasteiger partial charge in [0.15, 0.2) is 10.4 Å². The molecular weight excluding hydrogens is 338 g/mol. The molecule has 1 N–H and O–H groups in total. The number of halogens is 1. The second-order valence-electron chi connectivity index (χ2n) is 4.47. The molecule has 0 amide bonds. The van der Waals surface area contributed by atoms with Crippen LogP contribution in [-0.2, 0) is 0 Å². The van der Waals surface area contributed by atoms with Crippen molar-refractivity contribution in [3.63, 3.8) is 0 Å². The fourth-order valence-corrected chi connectivity index (χ4v) is 2.80. The Morgan fingerprint density at radius 3 is 2.90 bits per heavy atom. The second-order valence-corrected chi connectivity index (χ2v) is 5.77. The molecule has 3 rings (SSSR count). The zero-order valence-electron chi connectivity index (χ0n) is 11.0. The smallest absolute Gasteiger partial charge is 0.184 e. The molecule has 0 fully saturated rings. The van der Waals surface area contributed by atoms with Crippen LogP contribution in [-0.4, -0.2) is 21.6 Å². The van der Waals surface area contributed by atoms with Crippen molar-refractivity contribution in [2.24, 2.45) is 0 Å². The molecule has 2 heterocycles. The number of methoxy groups -OCH3 is 1. The zero-order chi connectivity index (χ0) is 14.3. The van der Waals surface area contributed by atoms with E-state index in [0.717, 1.165) is 32.6 Å². The van der Waals surface area contributed by atoms with Crippen LogP contribution in [0, 0.1) is 11.7 Å².